The molecule has 3 aliphatic rings. The highest BCUT2D eigenvalue weighted by molar-refractivity contribution is 6.31. The topological polar surface area (TPSA) is 75.3 Å². The van der Waals surface area contributed by atoms with E-state index in [1.54, 1.807) is 27.7 Å². The van der Waals surface area contributed by atoms with Crippen LogP contribution in [-0.2, 0) is 28.5 Å². The van der Waals surface area contributed by atoms with Crippen molar-refractivity contribution in [3.63, 3.8) is 0 Å². The number of ether oxygens (including phenoxy) is 5. The average Bonchev–Trinajstić information content (AvgIpc) is 3.04. The van der Waals surface area contributed by atoms with Gasteiger partial charge < -0.3 is 29.0 Å². The Hall–Kier alpha value is -1.29. The van der Waals surface area contributed by atoms with E-state index >= 15 is 0 Å². The highest BCUT2D eigenvalue weighted by atomic mass is 35.5. The third-order valence-corrected chi connectivity index (χ3v) is 4.89. The van der Waals surface area contributed by atoms with Gasteiger partial charge in [-0.05, 0) is 45.9 Å². The first-order valence-corrected chi connectivity index (χ1v) is 9.05. The quantitative estimate of drug-likeness (QED) is 0.821. The summed E-state index contributed by atoms with van der Waals surface area (Å²) in [5, 5.41) is 2.58. The molecule has 0 radical (unpaired) electrons. The van der Waals surface area contributed by atoms with E-state index in [4.69, 9.17) is 35.3 Å². The van der Waals surface area contributed by atoms with E-state index in [0.717, 1.165) is 0 Å². The van der Waals surface area contributed by atoms with Gasteiger partial charge in [0, 0.05) is 5.69 Å². The number of amides is 1. The summed E-state index contributed by atoms with van der Waals surface area (Å²) >= 11 is 5.78. The first kappa shape index (κ1) is 19.0. The molecule has 0 spiro atoms. The third kappa shape index (κ3) is 3.57. The molecular formula is C18H21ClFNO6. The van der Waals surface area contributed by atoms with Gasteiger partial charge >= 0.3 is 0 Å². The van der Waals surface area contributed by atoms with Crippen molar-refractivity contribution in [1.82, 2.24) is 0 Å². The van der Waals surface area contributed by atoms with Crippen LogP contribution in [-0.4, -0.2) is 48.2 Å². The van der Waals surface area contributed by atoms with Crippen LogP contribution in [0.25, 0.3) is 0 Å². The number of rotatable bonds is 2. The summed E-state index contributed by atoms with van der Waals surface area (Å²) in [5.74, 6) is -2.81. The predicted octanol–water partition coefficient (Wildman–Crippen LogP) is 2.81. The van der Waals surface area contributed by atoms with Crippen molar-refractivity contribution >= 4 is 23.2 Å². The molecule has 3 aliphatic heterocycles. The molecule has 0 bridgehead atoms. The van der Waals surface area contributed by atoms with Gasteiger partial charge in [0.1, 0.15) is 24.1 Å². The summed E-state index contributed by atoms with van der Waals surface area (Å²) in [4.78, 5) is 12.9. The minimum absolute atomic E-state index is 0.0915. The van der Waals surface area contributed by atoms with Crippen LogP contribution in [0.5, 0.6) is 0 Å². The van der Waals surface area contributed by atoms with Crippen LogP contribution >= 0.6 is 11.6 Å². The lowest BCUT2D eigenvalue weighted by Gasteiger charge is -2.36. The number of carbonyl (C=O) groups excluding carboxylic acids is 1. The molecule has 3 heterocycles. The molecular weight excluding hydrogens is 381 g/mol. The van der Waals surface area contributed by atoms with E-state index in [1.807, 2.05) is 0 Å². The second-order valence-electron chi connectivity index (χ2n) is 7.71. The van der Waals surface area contributed by atoms with Crippen molar-refractivity contribution in [2.75, 3.05) is 5.32 Å². The van der Waals surface area contributed by atoms with Gasteiger partial charge in [-0.2, -0.15) is 0 Å². The van der Waals surface area contributed by atoms with Crippen molar-refractivity contribution in [3.8, 4) is 0 Å². The Balaban J connectivity index is 1.57. The molecule has 3 fully saturated rings. The molecule has 1 aromatic carbocycles. The molecule has 9 heteroatoms. The van der Waals surface area contributed by atoms with Crippen LogP contribution in [0.4, 0.5) is 10.1 Å². The monoisotopic (exact) mass is 401 g/mol. The number of halogens is 2. The molecule has 1 aromatic rings. The van der Waals surface area contributed by atoms with Crippen molar-refractivity contribution in [3.05, 3.63) is 29.0 Å². The Morgan fingerprint density at radius 3 is 2.37 bits per heavy atom. The molecule has 7 nitrogen and oxygen atoms in total. The Labute approximate surface area is 161 Å². The van der Waals surface area contributed by atoms with Gasteiger partial charge in [-0.1, -0.05) is 11.6 Å². The molecule has 0 aliphatic carbocycles. The highest BCUT2D eigenvalue weighted by Crippen LogP contribution is 2.44. The number of benzene rings is 1. The molecule has 1 N–H and O–H groups in total. The van der Waals surface area contributed by atoms with Crippen LogP contribution in [0.2, 0.25) is 5.02 Å². The number of hydrogen-bond donors (Lipinski definition) is 1. The van der Waals surface area contributed by atoms with Gasteiger partial charge in [0.15, 0.2) is 24.0 Å². The van der Waals surface area contributed by atoms with E-state index in [1.165, 1.54) is 18.2 Å². The zero-order chi connectivity index (χ0) is 19.6. The predicted molar refractivity (Wildman–Crippen MR) is 92.6 cm³/mol. The molecule has 5 atom stereocenters. The normalized spacial score (nSPS) is 36.1. The maximum atomic E-state index is 13.3. The van der Waals surface area contributed by atoms with E-state index in [-0.39, 0.29) is 5.02 Å². The largest absolute Gasteiger partial charge is 0.342 e. The minimum Gasteiger partial charge on any atom is -0.342 e. The van der Waals surface area contributed by atoms with Crippen LogP contribution in [0, 0.1) is 5.82 Å². The van der Waals surface area contributed by atoms with Gasteiger partial charge in [0.05, 0.1) is 5.02 Å². The van der Waals surface area contributed by atoms with Crippen LogP contribution in [0.3, 0.4) is 0 Å². The lowest BCUT2D eigenvalue weighted by molar-refractivity contribution is -0.229. The molecule has 0 aromatic heterocycles. The molecule has 27 heavy (non-hydrogen) atoms. The summed E-state index contributed by atoms with van der Waals surface area (Å²) in [6, 6.07) is 3.91. The zero-order valence-corrected chi connectivity index (χ0v) is 16.1. The molecule has 148 valence electrons. The van der Waals surface area contributed by atoms with E-state index in [2.05, 4.69) is 5.32 Å². The minimum atomic E-state index is -1.00. The van der Waals surface area contributed by atoms with Crippen LogP contribution in [0.15, 0.2) is 18.2 Å². The maximum Gasteiger partial charge on any atom is 0.256 e. The number of carbonyl (C=O) groups is 1. The van der Waals surface area contributed by atoms with Gasteiger partial charge in [-0.25, -0.2) is 4.39 Å². The van der Waals surface area contributed by atoms with Gasteiger partial charge in [0.25, 0.3) is 5.91 Å². The van der Waals surface area contributed by atoms with Crippen molar-refractivity contribution in [2.24, 2.45) is 0 Å². The fourth-order valence-corrected chi connectivity index (χ4v) is 3.79. The van der Waals surface area contributed by atoms with Gasteiger partial charge in [0.2, 0.25) is 0 Å². The first-order valence-electron chi connectivity index (χ1n) is 8.67. The van der Waals surface area contributed by atoms with Gasteiger partial charge in [-0.3, -0.25) is 4.79 Å². The third-order valence-electron chi connectivity index (χ3n) is 4.60. The molecule has 3 saturated heterocycles. The number of hydrogen-bond acceptors (Lipinski definition) is 6. The van der Waals surface area contributed by atoms with Crippen molar-refractivity contribution < 1.29 is 32.9 Å². The first-order chi connectivity index (χ1) is 12.5. The zero-order valence-electron chi connectivity index (χ0n) is 15.3. The van der Waals surface area contributed by atoms with Crippen LogP contribution < -0.4 is 5.32 Å². The molecule has 4 rings (SSSR count). The molecule has 0 unspecified atom stereocenters. The van der Waals surface area contributed by atoms with Gasteiger partial charge in [-0.15, -0.1) is 0 Å². The smallest absolute Gasteiger partial charge is 0.256 e. The number of nitrogens with one attached hydrogen (secondary N) is 1. The molecule has 0 saturated carbocycles. The van der Waals surface area contributed by atoms with Crippen molar-refractivity contribution in [2.45, 2.75) is 70.0 Å². The van der Waals surface area contributed by atoms with E-state index in [0.29, 0.717) is 5.69 Å². The Kier molecular flexibility index (Phi) is 4.49. The SMILES string of the molecule is CC1(C)O[C@@H]2O[C@@H](C(=O)Nc3ccc(F)c(Cl)c3)[C@H]3OC(C)(C)O[C@H]3[C@@H]2O1. The standard InChI is InChI=1S/C18H21ClFNO6/c1-17(2)24-11-12(25-17)14-16(27-18(3,4)26-14)23-13(11)15(22)21-8-5-6-10(20)9(19)7-8/h5-7,11-14,16H,1-4H3,(H,21,22)/t11-,12+,13+,14-,16-/m0/s1. The van der Waals surface area contributed by atoms with Crippen LogP contribution in [0.1, 0.15) is 27.7 Å². The summed E-state index contributed by atoms with van der Waals surface area (Å²) in [6.07, 6.45) is -3.51. The van der Waals surface area contributed by atoms with E-state index < -0.39 is 54.0 Å². The Bertz CT molecular complexity index is 772. The lowest BCUT2D eigenvalue weighted by atomic mass is 9.98. The maximum absolute atomic E-state index is 13.3. The average molecular weight is 402 g/mol. The summed E-state index contributed by atoms with van der Waals surface area (Å²) < 4.78 is 42.7. The fourth-order valence-electron chi connectivity index (χ4n) is 3.61. The van der Waals surface area contributed by atoms with E-state index in [9.17, 15) is 9.18 Å². The Morgan fingerprint density at radius 1 is 1.04 bits per heavy atom. The summed E-state index contributed by atoms with van der Waals surface area (Å²) in [6.45, 7) is 7.05. The number of fused-ring (bicyclic) bond motifs is 3. The van der Waals surface area contributed by atoms with Crippen molar-refractivity contribution in [1.29, 1.82) is 0 Å². The molecule has 1 amide bonds. The summed E-state index contributed by atoms with van der Waals surface area (Å²) in [7, 11) is 0. The Morgan fingerprint density at radius 2 is 1.67 bits per heavy atom. The highest BCUT2D eigenvalue weighted by Gasteiger charge is 2.62. The number of anilines is 1. The lowest BCUT2D eigenvalue weighted by Crippen LogP contribution is -2.58. The second kappa shape index (κ2) is 6.37. The second-order valence-corrected chi connectivity index (χ2v) is 8.12. The fraction of sp³-hybridized carbons (Fsp3) is 0.611. The summed E-state index contributed by atoms with van der Waals surface area (Å²) in [5.41, 5.74) is 0.343.